The third kappa shape index (κ3) is 4.93. The standard InChI is InChI=1S/C21H31N5O3/c1-13(29-4)11-17(22-2)20-24-15-8-5-7-14(15)21(25-20)26(3)12-19(28)23-16-9-6-10-18(16)27/h11,16,18,27H,5-10,12H2,1-4H3,(H,23,28)/b13-11+,22-17+/t16-,18+/m0/s1. The first-order valence-electron chi connectivity index (χ1n) is 10.2. The molecular formula is C21H31N5O3. The van der Waals surface area contributed by atoms with Gasteiger partial charge in [-0.3, -0.25) is 9.79 Å². The largest absolute Gasteiger partial charge is 0.501 e. The van der Waals surface area contributed by atoms with E-state index in [0.717, 1.165) is 61.4 Å². The second kappa shape index (κ2) is 9.35. The second-order valence-electron chi connectivity index (χ2n) is 7.75. The monoisotopic (exact) mass is 401 g/mol. The Balaban J connectivity index is 1.82. The number of nitrogens with one attached hydrogen (secondary N) is 1. The minimum atomic E-state index is -0.446. The number of hydrogen-bond donors (Lipinski definition) is 2. The third-order valence-corrected chi connectivity index (χ3v) is 5.61. The number of amides is 1. The van der Waals surface area contributed by atoms with Gasteiger partial charge in [0, 0.05) is 31.4 Å². The molecule has 3 rings (SSSR count). The van der Waals surface area contributed by atoms with Crippen molar-refractivity contribution in [1.82, 2.24) is 15.3 Å². The number of allylic oxidation sites excluding steroid dienone is 2. The molecule has 0 aliphatic heterocycles. The Morgan fingerprint density at radius 1 is 1.34 bits per heavy atom. The van der Waals surface area contributed by atoms with E-state index in [1.54, 1.807) is 14.2 Å². The van der Waals surface area contributed by atoms with Gasteiger partial charge in [0.25, 0.3) is 0 Å². The van der Waals surface area contributed by atoms with E-state index in [1.807, 2.05) is 24.9 Å². The van der Waals surface area contributed by atoms with Crippen LogP contribution in [0.15, 0.2) is 16.8 Å². The van der Waals surface area contributed by atoms with Crippen LogP contribution in [0.4, 0.5) is 5.82 Å². The van der Waals surface area contributed by atoms with Crippen molar-refractivity contribution in [2.75, 3.05) is 32.6 Å². The number of aryl methyl sites for hydroxylation is 1. The number of carbonyl (C=O) groups excluding carboxylic acids is 1. The highest BCUT2D eigenvalue weighted by molar-refractivity contribution is 6.06. The number of hydrogen-bond acceptors (Lipinski definition) is 7. The van der Waals surface area contributed by atoms with Crippen LogP contribution in [-0.2, 0) is 22.4 Å². The summed E-state index contributed by atoms with van der Waals surface area (Å²) in [7, 11) is 5.19. The van der Waals surface area contributed by atoms with Crippen LogP contribution in [-0.4, -0.2) is 66.6 Å². The number of rotatable bonds is 7. The molecule has 1 heterocycles. The summed E-state index contributed by atoms with van der Waals surface area (Å²) >= 11 is 0. The van der Waals surface area contributed by atoms with Crippen molar-refractivity contribution < 1.29 is 14.6 Å². The Morgan fingerprint density at radius 2 is 2.14 bits per heavy atom. The summed E-state index contributed by atoms with van der Waals surface area (Å²) in [6, 6.07) is -0.149. The van der Waals surface area contributed by atoms with Gasteiger partial charge >= 0.3 is 0 Å². The van der Waals surface area contributed by atoms with Crippen molar-refractivity contribution in [1.29, 1.82) is 0 Å². The predicted molar refractivity (Wildman–Crippen MR) is 112 cm³/mol. The molecular weight excluding hydrogens is 370 g/mol. The number of nitrogens with zero attached hydrogens (tertiary/aromatic N) is 4. The lowest BCUT2D eigenvalue weighted by molar-refractivity contribution is -0.121. The smallest absolute Gasteiger partial charge is 0.239 e. The molecule has 8 heteroatoms. The molecule has 0 spiro atoms. The summed E-state index contributed by atoms with van der Waals surface area (Å²) in [6.07, 6.45) is 6.72. The van der Waals surface area contributed by atoms with Crippen LogP contribution in [0.5, 0.6) is 0 Å². The van der Waals surface area contributed by atoms with Gasteiger partial charge in [0.05, 0.1) is 31.6 Å². The minimum Gasteiger partial charge on any atom is -0.501 e. The number of aliphatic imine (C=N–C) groups is 1. The molecule has 158 valence electrons. The Morgan fingerprint density at radius 3 is 2.79 bits per heavy atom. The van der Waals surface area contributed by atoms with Gasteiger partial charge in [0.2, 0.25) is 5.91 Å². The zero-order valence-corrected chi connectivity index (χ0v) is 17.7. The fourth-order valence-electron chi connectivity index (χ4n) is 3.98. The average Bonchev–Trinajstić information content (AvgIpc) is 3.33. The summed E-state index contributed by atoms with van der Waals surface area (Å²) in [6.45, 7) is 2.03. The molecule has 2 N–H and O–H groups in total. The van der Waals surface area contributed by atoms with Crippen LogP contribution in [0, 0.1) is 0 Å². The van der Waals surface area contributed by atoms with Gasteiger partial charge in [-0.2, -0.15) is 0 Å². The molecule has 0 aromatic carbocycles. The number of aliphatic hydroxyl groups excluding tert-OH is 1. The summed E-state index contributed by atoms with van der Waals surface area (Å²) in [5.41, 5.74) is 2.77. The molecule has 0 radical (unpaired) electrons. The molecule has 2 atom stereocenters. The average molecular weight is 402 g/mol. The topological polar surface area (TPSA) is 99.9 Å². The Hall–Kier alpha value is -2.48. The van der Waals surface area contributed by atoms with Gasteiger partial charge in [-0.1, -0.05) is 0 Å². The van der Waals surface area contributed by atoms with Crippen LogP contribution >= 0.6 is 0 Å². The molecule has 1 saturated carbocycles. The normalized spacial score (nSPS) is 21.8. The zero-order chi connectivity index (χ0) is 21.0. The molecule has 1 amide bonds. The zero-order valence-electron chi connectivity index (χ0n) is 17.7. The maximum Gasteiger partial charge on any atom is 0.239 e. The summed E-state index contributed by atoms with van der Waals surface area (Å²) in [4.78, 5) is 28.2. The highest BCUT2D eigenvalue weighted by Crippen LogP contribution is 2.28. The Kier molecular flexibility index (Phi) is 6.84. The number of methoxy groups -OCH3 is 1. The molecule has 2 aliphatic rings. The lowest BCUT2D eigenvalue weighted by atomic mass is 10.2. The molecule has 0 saturated heterocycles. The molecule has 1 aromatic heterocycles. The lowest BCUT2D eigenvalue weighted by Gasteiger charge is -2.23. The van der Waals surface area contributed by atoms with Crippen LogP contribution in [0.2, 0.25) is 0 Å². The summed E-state index contributed by atoms with van der Waals surface area (Å²) in [5.74, 6) is 1.93. The lowest BCUT2D eigenvalue weighted by Crippen LogP contribution is -2.44. The van der Waals surface area contributed by atoms with Crippen LogP contribution in [0.1, 0.15) is 49.7 Å². The molecule has 1 aromatic rings. The van der Waals surface area contributed by atoms with Gasteiger partial charge in [-0.25, -0.2) is 9.97 Å². The minimum absolute atomic E-state index is 0.107. The van der Waals surface area contributed by atoms with Gasteiger partial charge < -0.3 is 20.1 Å². The highest BCUT2D eigenvalue weighted by Gasteiger charge is 2.28. The first-order valence-corrected chi connectivity index (χ1v) is 10.2. The van der Waals surface area contributed by atoms with Crippen molar-refractivity contribution in [3.05, 3.63) is 28.9 Å². The maximum atomic E-state index is 12.5. The first kappa shape index (κ1) is 21.2. The van der Waals surface area contributed by atoms with Crippen LogP contribution < -0.4 is 10.2 Å². The van der Waals surface area contributed by atoms with E-state index in [-0.39, 0.29) is 18.5 Å². The molecule has 8 nitrogen and oxygen atoms in total. The number of carbonyl (C=O) groups is 1. The molecule has 0 bridgehead atoms. The molecule has 29 heavy (non-hydrogen) atoms. The summed E-state index contributed by atoms with van der Waals surface area (Å²) in [5, 5.41) is 12.9. The van der Waals surface area contributed by atoms with Crippen molar-refractivity contribution in [3.8, 4) is 0 Å². The van der Waals surface area contributed by atoms with Gasteiger partial charge in [0.1, 0.15) is 11.5 Å². The van der Waals surface area contributed by atoms with Crippen molar-refractivity contribution >= 4 is 17.4 Å². The van der Waals surface area contributed by atoms with Crippen molar-refractivity contribution in [2.24, 2.45) is 4.99 Å². The molecule has 2 aliphatic carbocycles. The number of ether oxygens (including phenoxy) is 1. The molecule has 1 fully saturated rings. The van der Waals surface area contributed by atoms with E-state index >= 15 is 0 Å². The number of aliphatic hydroxyl groups is 1. The third-order valence-electron chi connectivity index (χ3n) is 5.61. The van der Waals surface area contributed by atoms with Crippen molar-refractivity contribution in [3.63, 3.8) is 0 Å². The van der Waals surface area contributed by atoms with Crippen LogP contribution in [0.3, 0.4) is 0 Å². The quantitative estimate of drug-likeness (QED) is 0.529. The summed E-state index contributed by atoms with van der Waals surface area (Å²) < 4.78 is 5.24. The SMILES string of the molecule is C/N=C(\C=C(/C)OC)c1nc2c(c(N(C)CC(=O)N[C@H]3CCC[C@H]3O)n1)CCC2. The van der Waals surface area contributed by atoms with Gasteiger partial charge in [-0.15, -0.1) is 0 Å². The predicted octanol–water partition coefficient (Wildman–Crippen LogP) is 1.40. The van der Waals surface area contributed by atoms with Gasteiger partial charge in [0.15, 0.2) is 5.82 Å². The highest BCUT2D eigenvalue weighted by atomic mass is 16.5. The number of anilines is 1. The van der Waals surface area contributed by atoms with E-state index in [4.69, 9.17) is 14.7 Å². The van der Waals surface area contributed by atoms with E-state index in [2.05, 4.69) is 10.3 Å². The fourth-order valence-corrected chi connectivity index (χ4v) is 3.98. The van der Waals surface area contributed by atoms with Gasteiger partial charge in [-0.05, 0) is 45.4 Å². The Labute approximate surface area is 172 Å². The van der Waals surface area contributed by atoms with E-state index in [0.29, 0.717) is 11.5 Å². The number of aromatic nitrogens is 2. The van der Waals surface area contributed by atoms with Crippen LogP contribution in [0.25, 0.3) is 0 Å². The number of likely N-dealkylation sites (N-methyl/N-ethyl adjacent to an activating group) is 1. The fraction of sp³-hybridized carbons (Fsp3) is 0.619. The van der Waals surface area contributed by atoms with E-state index in [1.165, 1.54) is 0 Å². The van der Waals surface area contributed by atoms with E-state index in [9.17, 15) is 9.90 Å². The number of fused-ring (bicyclic) bond motifs is 1. The molecule has 0 unspecified atom stereocenters. The van der Waals surface area contributed by atoms with E-state index < -0.39 is 6.10 Å². The maximum absolute atomic E-state index is 12.5. The Bertz CT molecular complexity index is 821. The van der Waals surface area contributed by atoms with Crippen molar-refractivity contribution in [2.45, 2.75) is 57.6 Å². The second-order valence-corrected chi connectivity index (χ2v) is 7.75. The first-order chi connectivity index (χ1) is 13.9.